The van der Waals surface area contributed by atoms with Crippen LogP contribution >= 0.6 is 0 Å². The molecule has 0 aliphatic rings. The fourth-order valence-electron chi connectivity index (χ4n) is 2.89. The zero-order valence-corrected chi connectivity index (χ0v) is 16.4. The molecule has 2 amide bonds. The largest absolute Gasteiger partial charge is 0.494 e. The first kappa shape index (κ1) is 20.2. The highest BCUT2D eigenvalue weighted by molar-refractivity contribution is 5.94. The maximum atomic E-state index is 12.2. The highest BCUT2D eigenvalue weighted by Gasteiger charge is 2.07. The van der Waals surface area contributed by atoms with Gasteiger partial charge in [0, 0.05) is 36.7 Å². The minimum atomic E-state index is -0.162. The third-order valence-corrected chi connectivity index (χ3v) is 4.36. The lowest BCUT2D eigenvalue weighted by molar-refractivity contribution is -0.120. The van der Waals surface area contributed by atoms with Gasteiger partial charge in [0.1, 0.15) is 5.75 Å². The van der Waals surface area contributed by atoms with Crippen LogP contribution < -0.4 is 15.4 Å². The van der Waals surface area contributed by atoms with Crippen LogP contribution in [0.2, 0.25) is 0 Å². The van der Waals surface area contributed by atoms with E-state index in [2.05, 4.69) is 10.6 Å². The van der Waals surface area contributed by atoms with Gasteiger partial charge < -0.3 is 19.9 Å². The molecule has 0 saturated heterocycles. The van der Waals surface area contributed by atoms with E-state index in [-0.39, 0.29) is 11.8 Å². The molecule has 3 rings (SSSR count). The lowest BCUT2D eigenvalue weighted by Crippen LogP contribution is -2.35. The van der Waals surface area contributed by atoms with Crippen molar-refractivity contribution < 1.29 is 14.3 Å². The minimum absolute atomic E-state index is 0.0838. The second-order valence-corrected chi connectivity index (χ2v) is 6.50. The molecule has 0 aliphatic carbocycles. The number of aromatic nitrogens is 1. The van der Waals surface area contributed by atoms with Crippen molar-refractivity contribution in [1.82, 2.24) is 15.2 Å². The van der Waals surface area contributed by atoms with Crippen LogP contribution in [0.3, 0.4) is 0 Å². The predicted molar refractivity (Wildman–Crippen MR) is 112 cm³/mol. The molecular formula is C23H25N3O3. The Morgan fingerprint density at radius 2 is 1.55 bits per heavy atom. The minimum Gasteiger partial charge on any atom is -0.494 e. The first-order valence-electron chi connectivity index (χ1n) is 9.66. The third-order valence-electron chi connectivity index (χ3n) is 4.36. The molecule has 6 nitrogen and oxygen atoms in total. The van der Waals surface area contributed by atoms with Gasteiger partial charge in [-0.1, -0.05) is 12.1 Å². The monoisotopic (exact) mass is 391 g/mol. The Bertz CT molecular complexity index is 917. The van der Waals surface area contributed by atoms with Crippen molar-refractivity contribution in [1.29, 1.82) is 0 Å². The number of carbonyl (C=O) groups excluding carboxylic acids is 2. The quantitative estimate of drug-likeness (QED) is 0.551. The second-order valence-electron chi connectivity index (χ2n) is 6.50. The number of hydrogen-bond acceptors (Lipinski definition) is 3. The van der Waals surface area contributed by atoms with E-state index < -0.39 is 0 Å². The molecule has 29 heavy (non-hydrogen) atoms. The first-order valence-corrected chi connectivity index (χ1v) is 9.66. The molecule has 0 bridgehead atoms. The Hall–Kier alpha value is -3.54. The van der Waals surface area contributed by atoms with E-state index in [9.17, 15) is 9.59 Å². The van der Waals surface area contributed by atoms with Crippen LogP contribution in [-0.4, -0.2) is 36.1 Å². The van der Waals surface area contributed by atoms with Crippen LogP contribution in [0.1, 0.15) is 22.8 Å². The van der Waals surface area contributed by atoms with E-state index in [1.807, 2.05) is 72.4 Å². The van der Waals surface area contributed by atoms with Crippen molar-refractivity contribution in [3.05, 3.63) is 84.2 Å². The average molecular weight is 391 g/mol. The topological polar surface area (TPSA) is 72.4 Å². The van der Waals surface area contributed by atoms with E-state index in [1.54, 1.807) is 12.1 Å². The van der Waals surface area contributed by atoms with Gasteiger partial charge >= 0.3 is 0 Å². The molecule has 0 atom stereocenters. The highest BCUT2D eigenvalue weighted by atomic mass is 16.5. The number of nitrogens with one attached hydrogen (secondary N) is 2. The summed E-state index contributed by atoms with van der Waals surface area (Å²) in [5.41, 5.74) is 2.49. The van der Waals surface area contributed by atoms with Gasteiger partial charge in [-0.05, 0) is 61.0 Å². The summed E-state index contributed by atoms with van der Waals surface area (Å²) in [6, 6.07) is 18.7. The van der Waals surface area contributed by atoms with Crippen LogP contribution in [0.25, 0.3) is 5.69 Å². The van der Waals surface area contributed by atoms with Gasteiger partial charge in [-0.3, -0.25) is 9.59 Å². The Kier molecular flexibility index (Phi) is 7.05. The zero-order valence-electron chi connectivity index (χ0n) is 16.4. The fraction of sp³-hybridized carbons (Fsp3) is 0.217. The van der Waals surface area contributed by atoms with Crippen molar-refractivity contribution in [2.45, 2.75) is 13.3 Å². The van der Waals surface area contributed by atoms with E-state index >= 15 is 0 Å². The summed E-state index contributed by atoms with van der Waals surface area (Å²) in [6.45, 7) is 3.29. The Balaban J connectivity index is 1.38. The Morgan fingerprint density at radius 3 is 2.21 bits per heavy atom. The number of hydrogen-bond donors (Lipinski definition) is 2. The van der Waals surface area contributed by atoms with Gasteiger partial charge in [0.05, 0.1) is 13.0 Å². The standard InChI is InChI=1S/C23H25N3O3/c1-2-29-21-11-5-18(6-12-21)17-22(27)24-13-14-25-23(28)19-7-9-20(10-8-19)26-15-3-4-16-26/h3-12,15-16H,2,13-14,17H2,1H3,(H,24,27)(H,25,28). The Labute approximate surface area is 170 Å². The van der Waals surface area contributed by atoms with Crippen molar-refractivity contribution in [3.63, 3.8) is 0 Å². The van der Waals surface area contributed by atoms with Gasteiger partial charge in [0.25, 0.3) is 5.91 Å². The molecule has 2 N–H and O–H groups in total. The maximum Gasteiger partial charge on any atom is 0.251 e. The van der Waals surface area contributed by atoms with Crippen LogP contribution in [0.5, 0.6) is 5.75 Å². The van der Waals surface area contributed by atoms with Crippen molar-refractivity contribution in [2.24, 2.45) is 0 Å². The normalized spacial score (nSPS) is 10.4. The molecule has 3 aromatic rings. The van der Waals surface area contributed by atoms with E-state index in [1.165, 1.54) is 0 Å². The molecule has 0 unspecified atom stereocenters. The van der Waals surface area contributed by atoms with Gasteiger partial charge in [-0.2, -0.15) is 0 Å². The van der Waals surface area contributed by atoms with Crippen molar-refractivity contribution in [3.8, 4) is 11.4 Å². The molecular weight excluding hydrogens is 366 g/mol. The summed E-state index contributed by atoms with van der Waals surface area (Å²) in [5.74, 6) is 0.546. The fourth-order valence-corrected chi connectivity index (χ4v) is 2.89. The third kappa shape index (κ3) is 5.97. The van der Waals surface area contributed by atoms with Crippen LogP contribution in [0.15, 0.2) is 73.1 Å². The van der Waals surface area contributed by atoms with Gasteiger partial charge in [-0.15, -0.1) is 0 Å². The molecule has 0 radical (unpaired) electrons. The summed E-state index contributed by atoms with van der Waals surface area (Å²) in [4.78, 5) is 24.3. The van der Waals surface area contributed by atoms with E-state index in [0.29, 0.717) is 31.7 Å². The van der Waals surface area contributed by atoms with Crippen LogP contribution in [0.4, 0.5) is 0 Å². The molecule has 0 fully saturated rings. The molecule has 0 saturated carbocycles. The smallest absolute Gasteiger partial charge is 0.251 e. The summed E-state index contributed by atoms with van der Waals surface area (Å²) < 4.78 is 7.36. The van der Waals surface area contributed by atoms with Crippen LogP contribution in [0, 0.1) is 0 Å². The summed E-state index contributed by atoms with van der Waals surface area (Å²) in [7, 11) is 0. The molecule has 2 aromatic carbocycles. The summed E-state index contributed by atoms with van der Waals surface area (Å²) in [6.07, 6.45) is 4.19. The van der Waals surface area contributed by atoms with Crippen LogP contribution in [-0.2, 0) is 11.2 Å². The van der Waals surface area contributed by atoms with Crippen molar-refractivity contribution >= 4 is 11.8 Å². The average Bonchev–Trinajstić information content (AvgIpc) is 3.28. The zero-order chi connectivity index (χ0) is 20.5. The molecule has 1 aromatic heterocycles. The SMILES string of the molecule is CCOc1ccc(CC(=O)NCCNC(=O)c2ccc(-n3cccc3)cc2)cc1. The number of nitrogens with zero attached hydrogens (tertiary/aromatic N) is 1. The number of amides is 2. The summed E-state index contributed by atoms with van der Waals surface area (Å²) in [5, 5.41) is 5.63. The van der Waals surface area contributed by atoms with Gasteiger partial charge in [0.2, 0.25) is 5.91 Å². The summed E-state index contributed by atoms with van der Waals surface area (Å²) >= 11 is 0. The van der Waals surface area contributed by atoms with E-state index in [4.69, 9.17) is 4.74 Å². The van der Waals surface area contributed by atoms with E-state index in [0.717, 1.165) is 17.0 Å². The number of ether oxygens (including phenoxy) is 1. The molecule has 0 aliphatic heterocycles. The maximum absolute atomic E-state index is 12.2. The molecule has 6 heteroatoms. The number of benzene rings is 2. The predicted octanol–water partition coefficient (Wildman–Crippen LogP) is 2.96. The molecule has 0 spiro atoms. The highest BCUT2D eigenvalue weighted by Crippen LogP contribution is 2.12. The van der Waals surface area contributed by atoms with Gasteiger partial charge in [-0.25, -0.2) is 0 Å². The molecule has 1 heterocycles. The lowest BCUT2D eigenvalue weighted by atomic mass is 10.1. The lowest BCUT2D eigenvalue weighted by Gasteiger charge is -2.09. The molecule has 150 valence electrons. The number of carbonyl (C=O) groups is 2. The van der Waals surface area contributed by atoms with Gasteiger partial charge in [0.15, 0.2) is 0 Å². The number of rotatable bonds is 9. The first-order chi connectivity index (χ1) is 14.2. The van der Waals surface area contributed by atoms with Crippen molar-refractivity contribution in [2.75, 3.05) is 19.7 Å². The second kappa shape index (κ2) is 10.1. The Morgan fingerprint density at radius 1 is 0.897 bits per heavy atom.